The Labute approximate surface area is 65.1 Å². The maximum Gasteiger partial charge on any atom is 0.117 e. The Bertz CT molecular complexity index is 213. The number of thioether (sulfide) groups is 1. The highest BCUT2D eigenvalue weighted by molar-refractivity contribution is 7.99. The Balaban J connectivity index is 2.81. The van der Waals surface area contributed by atoms with Gasteiger partial charge in [0.25, 0.3) is 0 Å². The molecule has 0 bridgehead atoms. The molecule has 0 spiro atoms. The third-order valence-corrected chi connectivity index (χ3v) is 2.08. The van der Waals surface area contributed by atoms with Crippen LogP contribution in [0.3, 0.4) is 0 Å². The molecule has 1 rings (SSSR count). The van der Waals surface area contributed by atoms with Gasteiger partial charge in [-0.05, 0) is 12.7 Å². The molecule has 0 fully saturated rings. The second kappa shape index (κ2) is 3.56. The van der Waals surface area contributed by atoms with E-state index in [0.717, 1.165) is 16.5 Å². The second-order valence-electron chi connectivity index (χ2n) is 1.88. The third-order valence-electron chi connectivity index (χ3n) is 1.12. The summed E-state index contributed by atoms with van der Waals surface area (Å²) in [6.07, 6.45) is 3.44. The first-order valence-electron chi connectivity index (χ1n) is 3.25. The molecule has 2 nitrogen and oxygen atoms in total. The molecule has 0 saturated heterocycles. The van der Waals surface area contributed by atoms with E-state index in [1.807, 2.05) is 6.92 Å². The van der Waals surface area contributed by atoms with Crippen LogP contribution in [-0.2, 0) is 0 Å². The average molecular weight is 154 g/mol. The van der Waals surface area contributed by atoms with Gasteiger partial charge in [-0.3, -0.25) is 4.98 Å². The van der Waals surface area contributed by atoms with E-state index in [2.05, 4.69) is 16.9 Å². The molecule has 1 aromatic rings. The van der Waals surface area contributed by atoms with Gasteiger partial charge in [0.1, 0.15) is 5.03 Å². The molecule has 0 radical (unpaired) electrons. The topological polar surface area (TPSA) is 25.8 Å². The number of hydrogen-bond donors (Lipinski definition) is 0. The molecule has 0 atom stereocenters. The number of nitrogens with zero attached hydrogens (tertiary/aromatic N) is 2. The predicted octanol–water partition coefficient (Wildman–Crippen LogP) is 1.90. The lowest BCUT2D eigenvalue weighted by Crippen LogP contribution is -1.87. The molecular weight excluding hydrogens is 144 g/mol. The first kappa shape index (κ1) is 7.54. The molecule has 0 aliphatic rings. The fraction of sp³-hybridized carbons (Fsp3) is 0.429. The summed E-state index contributed by atoms with van der Waals surface area (Å²) in [5.41, 5.74) is 1.02. The minimum atomic E-state index is 1.02. The first-order valence-corrected chi connectivity index (χ1v) is 4.23. The SMILES string of the molecule is CCSc1nccnc1C. The number of aromatic nitrogens is 2. The van der Waals surface area contributed by atoms with E-state index in [1.165, 1.54) is 0 Å². The fourth-order valence-electron chi connectivity index (χ4n) is 0.673. The summed E-state index contributed by atoms with van der Waals surface area (Å²) >= 11 is 1.73. The Kier molecular flexibility index (Phi) is 2.68. The van der Waals surface area contributed by atoms with E-state index >= 15 is 0 Å². The Morgan fingerprint density at radius 2 is 2.10 bits per heavy atom. The Morgan fingerprint density at radius 1 is 1.40 bits per heavy atom. The van der Waals surface area contributed by atoms with Crippen LogP contribution in [0, 0.1) is 6.92 Å². The van der Waals surface area contributed by atoms with Crippen molar-refractivity contribution in [2.24, 2.45) is 0 Å². The molecule has 0 aliphatic heterocycles. The van der Waals surface area contributed by atoms with E-state index in [-0.39, 0.29) is 0 Å². The van der Waals surface area contributed by atoms with Crippen LogP contribution >= 0.6 is 11.8 Å². The van der Waals surface area contributed by atoms with Crippen LogP contribution in [0.2, 0.25) is 0 Å². The molecule has 1 aromatic heterocycles. The zero-order chi connectivity index (χ0) is 7.40. The van der Waals surface area contributed by atoms with Gasteiger partial charge < -0.3 is 0 Å². The monoisotopic (exact) mass is 154 g/mol. The average Bonchev–Trinajstić information content (AvgIpc) is 1.94. The number of hydrogen-bond acceptors (Lipinski definition) is 3. The number of aryl methyl sites for hydroxylation is 1. The van der Waals surface area contributed by atoms with Crippen molar-refractivity contribution in [3.05, 3.63) is 18.1 Å². The van der Waals surface area contributed by atoms with E-state index in [4.69, 9.17) is 0 Å². The van der Waals surface area contributed by atoms with Gasteiger partial charge in [-0.15, -0.1) is 11.8 Å². The van der Waals surface area contributed by atoms with Crippen LogP contribution in [0.15, 0.2) is 17.4 Å². The minimum absolute atomic E-state index is 1.02. The fourth-order valence-corrected chi connectivity index (χ4v) is 1.34. The third kappa shape index (κ3) is 1.70. The van der Waals surface area contributed by atoms with Gasteiger partial charge in [-0.1, -0.05) is 6.92 Å². The summed E-state index contributed by atoms with van der Waals surface area (Å²) in [5.74, 6) is 1.06. The van der Waals surface area contributed by atoms with E-state index in [0.29, 0.717) is 0 Å². The molecule has 0 N–H and O–H groups in total. The number of rotatable bonds is 2. The van der Waals surface area contributed by atoms with Crippen molar-refractivity contribution in [3.8, 4) is 0 Å². The van der Waals surface area contributed by atoms with Crippen LogP contribution in [0.25, 0.3) is 0 Å². The zero-order valence-electron chi connectivity index (χ0n) is 6.16. The molecule has 54 valence electrons. The second-order valence-corrected chi connectivity index (χ2v) is 3.13. The normalized spacial score (nSPS) is 9.80. The van der Waals surface area contributed by atoms with E-state index < -0.39 is 0 Å². The van der Waals surface area contributed by atoms with Crippen molar-refractivity contribution in [3.63, 3.8) is 0 Å². The van der Waals surface area contributed by atoms with Crippen molar-refractivity contribution in [2.75, 3.05) is 5.75 Å². The summed E-state index contributed by atoms with van der Waals surface area (Å²) in [4.78, 5) is 8.28. The zero-order valence-corrected chi connectivity index (χ0v) is 6.98. The summed E-state index contributed by atoms with van der Waals surface area (Å²) < 4.78 is 0. The van der Waals surface area contributed by atoms with Crippen LogP contribution in [0.5, 0.6) is 0 Å². The Hall–Kier alpha value is -0.570. The van der Waals surface area contributed by atoms with Gasteiger partial charge in [0.15, 0.2) is 0 Å². The van der Waals surface area contributed by atoms with Crippen molar-refractivity contribution < 1.29 is 0 Å². The molecule has 1 heterocycles. The smallest absolute Gasteiger partial charge is 0.117 e. The summed E-state index contributed by atoms with van der Waals surface area (Å²) in [6, 6.07) is 0. The summed E-state index contributed by atoms with van der Waals surface area (Å²) in [5, 5.41) is 1.05. The Morgan fingerprint density at radius 3 is 2.70 bits per heavy atom. The van der Waals surface area contributed by atoms with E-state index in [1.54, 1.807) is 24.2 Å². The molecule has 0 amide bonds. The van der Waals surface area contributed by atoms with Crippen LogP contribution in [-0.4, -0.2) is 15.7 Å². The predicted molar refractivity (Wildman–Crippen MR) is 43.2 cm³/mol. The van der Waals surface area contributed by atoms with Gasteiger partial charge in [0, 0.05) is 12.4 Å². The lowest BCUT2D eigenvalue weighted by molar-refractivity contribution is 0.986. The quantitative estimate of drug-likeness (QED) is 0.608. The maximum absolute atomic E-state index is 4.17. The van der Waals surface area contributed by atoms with Crippen molar-refractivity contribution in [2.45, 2.75) is 18.9 Å². The molecular formula is C7H10N2S. The maximum atomic E-state index is 4.17. The largest absolute Gasteiger partial charge is 0.257 e. The highest BCUT2D eigenvalue weighted by atomic mass is 32.2. The van der Waals surface area contributed by atoms with Crippen LogP contribution < -0.4 is 0 Å². The van der Waals surface area contributed by atoms with Gasteiger partial charge in [0.05, 0.1) is 5.69 Å². The molecule has 0 unspecified atom stereocenters. The molecule has 0 aliphatic carbocycles. The lowest BCUT2D eigenvalue weighted by atomic mass is 10.5. The van der Waals surface area contributed by atoms with E-state index in [9.17, 15) is 0 Å². The van der Waals surface area contributed by atoms with Crippen molar-refractivity contribution in [1.29, 1.82) is 0 Å². The van der Waals surface area contributed by atoms with Crippen LogP contribution in [0.4, 0.5) is 0 Å². The van der Waals surface area contributed by atoms with Gasteiger partial charge >= 0.3 is 0 Å². The molecule has 3 heteroatoms. The highest BCUT2D eigenvalue weighted by Gasteiger charge is 1.96. The first-order chi connectivity index (χ1) is 4.84. The summed E-state index contributed by atoms with van der Waals surface area (Å²) in [7, 11) is 0. The standard InChI is InChI=1S/C7H10N2S/c1-3-10-7-6(2)8-4-5-9-7/h4-5H,3H2,1-2H3. The molecule has 0 aromatic carbocycles. The minimum Gasteiger partial charge on any atom is -0.257 e. The van der Waals surface area contributed by atoms with Gasteiger partial charge in [-0.2, -0.15) is 0 Å². The molecule has 0 saturated carbocycles. The van der Waals surface area contributed by atoms with Crippen molar-refractivity contribution >= 4 is 11.8 Å². The van der Waals surface area contributed by atoms with Crippen molar-refractivity contribution in [1.82, 2.24) is 9.97 Å². The highest BCUT2D eigenvalue weighted by Crippen LogP contribution is 2.15. The summed E-state index contributed by atoms with van der Waals surface area (Å²) in [6.45, 7) is 4.09. The molecule has 10 heavy (non-hydrogen) atoms. The van der Waals surface area contributed by atoms with Gasteiger partial charge in [0.2, 0.25) is 0 Å². The van der Waals surface area contributed by atoms with Gasteiger partial charge in [-0.25, -0.2) is 4.98 Å². The van der Waals surface area contributed by atoms with Crippen LogP contribution in [0.1, 0.15) is 12.6 Å². The lowest BCUT2D eigenvalue weighted by Gasteiger charge is -1.98.